The molecule has 0 saturated carbocycles. The first-order valence-corrected chi connectivity index (χ1v) is 8.77. The van der Waals surface area contributed by atoms with Crippen LogP contribution in [0.2, 0.25) is 0 Å². The number of nitrogens with zero attached hydrogens (tertiary/aromatic N) is 2. The van der Waals surface area contributed by atoms with Gasteiger partial charge >= 0.3 is 0 Å². The summed E-state index contributed by atoms with van der Waals surface area (Å²) in [6.45, 7) is 6.47. The molecule has 0 radical (unpaired) electrons. The molecule has 0 saturated heterocycles. The van der Waals surface area contributed by atoms with E-state index in [0.717, 1.165) is 11.3 Å². The van der Waals surface area contributed by atoms with Gasteiger partial charge in [0.1, 0.15) is 11.4 Å². The molecule has 0 aliphatic heterocycles. The second kappa shape index (κ2) is 8.31. The Morgan fingerprint density at radius 2 is 1.89 bits per heavy atom. The van der Waals surface area contributed by atoms with E-state index in [2.05, 4.69) is 26.7 Å². The van der Waals surface area contributed by atoms with Crippen molar-refractivity contribution in [2.75, 3.05) is 17.2 Å². The van der Waals surface area contributed by atoms with E-state index < -0.39 is 0 Å². The third-order valence-corrected chi connectivity index (χ3v) is 3.95. The molecule has 0 bridgehead atoms. The first-order valence-electron chi connectivity index (χ1n) is 8.77. The summed E-state index contributed by atoms with van der Waals surface area (Å²) in [5, 5.41) is 6.00. The van der Waals surface area contributed by atoms with Crippen LogP contribution >= 0.6 is 0 Å². The Hall–Kier alpha value is -3.41. The summed E-state index contributed by atoms with van der Waals surface area (Å²) in [6.07, 6.45) is 1.56. The lowest BCUT2D eigenvalue weighted by atomic mass is 10.1. The number of para-hydroxylation sites is 2. The molecular weight excluding hydrogens is 340 g/mol. The van der Waals surface area contributed by atoms with Gasteiger partial charge in [-0.2, -0.15) is 0 Å². The van der Waals surface area contributed by atoms with Crippen LogP contribution in [-0.2, 0) is 0 Å². The summed E-state index contributed by atoms with van der Waals surface area (Å²) in [4.78, 5) is 21.1. The van der Waals surface area contributed by atoms with Crippen molar-refractivity contribution in [3.05, 3.63) is 71.5 Å². The van der Waals surface area contributed by atoms with Gasteiger partial charge < -0.3 is 15.4 Å². The van der Waals surface area contributed by atoms with E-state index in [-0.39, 0.29) is 11.6 Å². The number of aryl methyl sites for hydroxylation is 2. The van der Waals surface area contributed by atoms with Crippen LogP contribution in [0.3, 0.4) is 0 Å². The van der Waals surface area contributed by atoms with Gasteiger partial charge in [0.15, 0.2) is 0 Å². The van der Waals surface area contributed by atoms with Crippen molar-refractivity contribution in [1.29, 1.82) is 0 Å². The summed E-state index contributed by atoms with van der Waals surface area (Å²) < 4.78 is 5.54. The highest BCUT2D eigenvalue weighted by Gasteiger charge is 2.12. The van der Waals surface area contributed by atoms with Gasteiger partial charge in [-0.3, -0.25) is 4.79 Å². The lowest BCUT2D eigenvalue weighted by Gasteiger charge is -2.12. The number of benzene rings is 2. The molecule has 3 rings (SSSR count). The van der Waals surface area contributed by atoms with Crippen molar-refractivity contribution in [2.24, 2.45) is 0 Å². The Labute approximate surface area is 158 Å². The van der Waals surface area contributed by atoms with E-state index in [1.807, 2.05) is 51.1 Å². The van der Waals surface area contributed by atoms with Gasteiger partial charge in [-0.05, 0) is 50.6 Å². The molecule has 0 unspecified atom stereocenters. The van der Waals surface area contributed by atoms with E-state index in [1.54, 1.807) is 18.3 Å². The molecular formula is C21H22N4O2. The predicted molar refractivity (Wildman–Crippen MR) is 107 cm³/mol. The van der Waals surface area contributed by atoms with Crippen molar-refractivity contribution >= 4 is 23.2 Å². The second-order valence-corrected chi connectivity index (χ2v) is 6.09. The Kier molecular flexibility index (Phi) is 5.66. The molecule has 3 aromatic rings. The van der Waals surface area contributed by atoms with Gasteiger partial charge in [-0.25, -0.2) is 9.97 Å². The number of anilines is 3. The number of rotatable bonds is 6. The number of nitrogens with one attached hydrogen (secondary N) is 2. The number of carbonyl (C=O) groups excluding carboxylic acids is 1. The zero-order chi connectivity index (χ0) is 19.2. The molecule has 2 aromatic carbocycles. The average molecular weight is 362 g/mol. The molecule has 6 heteroatoms. The highest BCUT2D eigenvalue weighted by Crippen LogP contribution is 2.24. The molecule has 0 fully saturated rings. The van der Waals surface area contributed by atoms with Crippen molar-refractivity contribution in [1.82, 2.24) is 9.97 Å². The summed E-state index contributed by atoms with van der Waals surface area (Å²) in [5.41, 5.74) is 4.04. The SMILES string of the molecule is CCOc1ccccc1NC(=O)c1ccnc(Nc2ccc(C)cc2C)n1. The van der Waals surface area contributed by atoms with Crippen LogP contribution in [0, 0.1) is 13.8 Å². The van der Waals surface area contributed by atoms with Gasteiger partial charge in [0.05, 0.1) is 12.3 Å². The highest BCUT2D eigenvalue weighted by atomic mass is 16.5. The van der Waals surface area contributed by atoms with E-state index in [4.69, 9.17) is 4.74 Å². The van der Waals surface area contributed by atoms with E-state index in [9.17, 15) is 4.79 Å². The first-order chi connectivity index (χ1) is 13.1. The fraction of sp³-hybridized carbons (Fsp3) is 0.190. The van der Waals surface area contributed by atoms with Crippen molar-refractivity contribution in [3.8, 4) is 5.75 Å². The molecule has 0 atom stereocenters. The molecule has 0 aliphatic rings. The van der Waals surface area contributed by atoms with Crippen LogP contribution in [0.4, 0.5) is 17.3 Å². The molecule has 1 aromatic heterocycles. The quantitative estimate of drug-likeness (QED) is 0.676. The van der Waals surface area contributed by atoms with E-state index >= 15 is 0 Å². The predicted octanol–water partition coefficient (Wildman–Crippen LogP) is 4.49. The molecule has 1 amide bonds. The maximum atomic E-state index is 12.6. The minimum atomic E-state index is -0.326. The Balaban J connectivity index is 1.78. The topological polar surface area (TPSA) is 76.1 Å². The van der Waals surface area contributed by atoms with Crippen molar-refractivity contribution in [3.63, 3.8) is 0 Å². The molecule has 6 nitrogen and oxygen atoms in total. The Bertz CT molecular complexity index is 956. The Morgan fingerprint density at radius 3 is 2.67 bits per heavy atom. The summed E-state index contributed by atoms with van der Waals surface area (Å²) in [7, 11) is 0. The van der Waals surface area contributed by atoms with Crippen molar-refractivity contribution in [2.45, 2.75) is 20.8 Å². The molecule has 138 valence electrons. The summed E-state index contributed by atoms with van der Waals surface area (Å²) in [5.74, 6) is 0.664. The average Bonchev–Trinajstić information content (AvgIpc) is 2.66. The van der Waals surface area contributed by atoms with Crippen LogP contribution in [0.1, 0.15) is 28.5 Å². The zero-order valence-electron chi connectivity index (χ0n) is 15.6. The minimum Gasteiger partial charge on any atom is -0.492 e. The first kappa shape index (κ1) is 18.4. The lowest BCUT2D eigenvalue weighted by Crippen LogP contribution is -2.15. The third-order valence-electron chi connectivity index (χ3n) is 3.95. The number of hydrogen-bond acceptors (Lipinski definition) is 5. The molecule has 27 heavy (non-hydrogen) atoms. The fourth-order valence-corrected chi connectivity index (χ4v) is 2.66. The smallest absolute Gasteiger partial charge is 0.274 e. The normalized spacial score (nSPS) is 10.3. The van der Waals surface area contributed by atoms with Gasteiger partial charge in [0, 0.05) is 11.9 Å². The maximum Gasteiger partial charge on any atom is 0.274 e. The monoisotopic (exact) mass is 362 g/mol. The molecule has 2 N–H and O–H groups in total. The van der Waals surface area contributed by atoms with Gasteiger partial charge in [-0.1, -0.05) is 29.8 Å². The zero-order valence-corrected chi connectivity index (χ0v) is 15.6. The largest absolute Gasteiger partial charge is 0.492 e. The van der Waals surface area contributed by atoms with Gasteiger partial charge in [-0.15, -0.1) is 0 Å². The van der Waals surface area contributed by atoms with Gasteiger partial charge in [0.25, 0.3) is 5.91 Å². The van der Waals surface area contributed by atoms with E-state index in [0.29, 0.717) is 24.0 Å². The van der Waals surface area contributed by atoms with Crippen LogP contribution in [0.15, 0.2) is 54.7 Å². The standard InChI is InChI=1S/C21H22N4O2/c1-4-27-19-8-6-5-7-17(19)23-20(26)18-11-12-22-21(25-18)24-16-10-9-14(2)13-15(16)3/h5-13H,4H2,1-3H3,(H,23,26)(H,22,24,25). The van der Waals surface area contributed by atoms with Crippen LogP contribution in [-0.4, -0.2) is 22.5 Å². The summed E-state index contributed by atoms with van der Waals surface area (Å²) >= 11 is 0. The fourth-order valence-electron chi connectivity index (χ4n) is 2.66. The summed E-state index contributed by atoms with van der Waals surface area (Å²) in [6, 6.07) is 14.9. The number of aromatic nitrogens is 2. The van der Waals surface area contributed by atoms with Crippen LogP contribution < -0.4 is 15.4 Å². The minimum absolute atomic E-state index is 0.267. The number of ether oxygens (including phenoxy) is 1. The second-order valence-electron chi connectivity index (χ2n) is 6.09. The number of amides is 1. The molecule has 0 aliphatic carbocycles. The molecule has 1 heterocycles. The van der Waals surface area contributed by atoms with Crippen molar-refractivity contribution < 1.29 is 9.53 Å². The van der Waals surface area contributed by atoms with Gasteiger partial charge in [0.2, 0.25) is 5.95 Å². The van der Waals surface area contributed by atoms with E-state index in [1.165, 1.54) is 5.56 Å². The Morgan fingerprint density at radius 1 is 1.07 bits per heavy atom. The highest BCUT2D eigenvalue weighted by molar-refractivity contribution is 6.03. The number of carbonyl (C=O) groups is 1. The maximum absolute atomic E-state index is 12.6. The lowest BCUT2D eigenvalue weighted by molar-refractivity contribution is 0.102. The third kappa shape index (κ3) is 4.61. The molecule has 0 spiro atoms. The number of hydrogen-bond donors (Lipinski definition) is 2. The van der Waals surface area contributed by atoms with Crippen LogP contribution in [0.5, 0.6) is 5.75 Å². The van der Waals surface area contributed by atoms with Crippen LogP contribution in [0.25, 0.3) is 0 Å².